The van der Waals surface area contributed by atoms with Crippen molar-refractivity contribution in [3.05, 3.63) is 41.7 Å². The highest BCUT2D eigenvalue weighted by molar-refractivity contribution is 7.89. The molecule has 0 saturated heterocycles. The summed E-state index contributed by atoms with van der Waals surface area (Å²) in [5.41, 5.74) is 1.01. The van der Waals surface area contributed by atoms with Crippen LogP contribution in [0.3, 0.4) is 0 Å². The van der Waals surface area contributed by atoms with Crippen molar-refractivity contribution in [2.45, 2.75) is 30.5 Å². The fourth-order valence-electron chi connectivity index (χ4n) is 2.83. The van der Waals surface area contributed by atoms with Crippen molar-refractivity contribution < 1.29 is 21.6 Å². The number of rotatable bonds is 2. The van der Waals surface area contributed by atoms with Gasteiger partial charge in [0.25, 0.3) is 0 Å². The van der Waals surface area contributed by atoms with Gasteiger partial charge in [-0.15, -0.1) is 0 Å². The third-order valence-corrected chi connectivity index (χ3v) is 4.72. The minimum absolute atomic E-state index is 0.0665. The van der Waals surface area contributed by atoms with Crippen molar-refractivity contribution in [3.8, 4) is 11.1 Å². The second kappa shape index (κ2) is 4.85. The highest BCUT2D eigenvalue weighted by Gasteiger charge is 2.37. The number of hydrogen-bond donors (Lipinski definition) is 1. The monoisotopic (exact) mass is 330 g/mol. The fourth-order valence-corrected chi connectivity index (χ4v) is 3.34. The zero-order valence-corrected chi connectivity index (χ0v) is 12.2. The van der Waals surface area contributed by atoms with Crippen LogP contribution in [0.5, 0.6) is 0 Å². The minimum atomic E-state index is -4.40. The summed E-state index contributed by atoms with van der Waals surface area (Å²) in [7, 11) is -3.82. The van der Waals surface area contributed by atoms with Gasteiger partial charge in [0.15, 0.2) is 0 Å². The van der Waals surface area contributed by atoms with Gasteiger partial charge in [0.05, 0.1) is 4.90 Å². The summed E-state index contributed by atoms with van der Waals surface area (Å²) in [6.07, 6.45) is -3.16. The number of hydrogen-bond acceptors (Lipinski definition) is 2. The summed E-state index contributed by atoms with van der Waals surface area (Å²) >= 11 is 0. The van der Waals surface area contributed by atoms with E-state index in [4.69, 9.17) is 5.14 Å². The van der Waals surface area contributed by atoms with Crippen LogP contribution in [0.15, 0.2) is 35.2 Å². The molecular formula is C14H13F3N2O2S. The SMILES string of the molecule is NS(=O)(=O)c1ccc(-c2cc(C(F)(F)F)n3c2CCC3)cc1. The number of aromatic nitrogens is 1. The number of sulfonamides is 1. The molecular weight excluding hydrogens is 317 g/mol. The quantitative estimate of drug-likeness (QED) is 0.920. The Morgan fingerprint density at radius 2 is 1.77 bits per heavy atom. The second-order valence-corrected chi connectivity index (χ2v) is 6.77. The molecule has 1 aliphatic rings. The summed E-state index contributed by atoms with van der Waals surface area (Å²) in [4.78, 5) is -0.0665. The molecule has 1 aliphatic heterocycles. The molecule has 0 saturated carbocycles. The number of nitrogens with two attached hydrogens (primary N) is 1. The molecule has 0 aliphatic carbocycles. The standard InChI is InChI=1S/C14H13F3N2O2S/c15-14(16,17)13-8-11(12-2-1-7-19(12)13)9-3-5-10(6-4-9)22(18,20)21/h3-6,8H,1-2,7H2,(H2,18,20,21). The van der Waals surface area contributed by atoms with Gasteiger partial charge in [-0.25, -0.2) is 13.6 Å². The molecule has 4 nitrogen and oxygen atoms in total. The lowest BCUT2D eigenvalue weighted by Gasteiger charge is -2.08. The van der Waals surface area contributed by atoms with Gasteiger partial charge >= 0.3 is 6.18 Å². The fraction of sp³-hybridized carbons (Fsp3) is 0.286. The van der Waals surface area contributed by atoms with Crippen LogP contribution in [-0.4, -0.2) is 13.0 Å². The smallest absolute Gasteiger partial charge is 0.340 e. The van der Waals surface area contributed by atoms with Gasteiger partial charge < -0.3 is 4.57 Å². The number of benzene rings is 1. The maximum absolute atomic E-state index is 13.1. The molecule has 0 atom stereocenters. The molecule has 1 aromatic carbocycles. The largest absolute Gasteiger partial charge is 0.431 e. The molecule has 0 bridgehead atoms. The van der Waals surface area contributed by atoms with E-state index < -0.39 is 21.9 Å². The van der Waals surface area contributed by atoms with Gasteiger partial charge in [-0.05, 0) is 36.6 Å². The van der Waals surface area contributed by atoms with E-state index in [-0.39, 0.29) is 4.90 Å². The maximum atomic E-state index is 13.1. The Morgan fingerprint density at radius 3 is 2.32 bits per heavy atom. The predicted molar refractivity (Wildman–Crippen MR) is 74.6 cm³/mol. The molecule has 2 aromatic rings. The van der Waals surface area contributed by atoms with E-state index in [1.54, 1.807) is 0 Å². The Balaban J connectivity index is 2.10. The molecule has 2 heterocycles. The number of primary sulfonamides is 1. The lowest BCUT2D eigenvalue weighted by atomic mass is 10.0. The van der Waals surface area contributed by atoms with E-state index in [0.717, 1.165) is 6.07 Å². The van der Waals surface area contributed by atoms with Crippen LogP contribution in [0.4, 0.5) is 13.2 Å². The molecule has 0 fully saturated rings. The zero-order valence-electron chi connectivity index (χ0n) is 11.4. The van der Waals surface area contributed by atoms with E-state index in [0.29, 0.717) is 36.2 Å². The molecule has 22 heavy (non-hydrogen) atoms. The molecule has 0 spiro atoms. The summed E-state index contributed by atoms with van der Waals surface area (Å²) in [6.45, 7) is 0.347. The molecule has 1 aromatic heterocycles. The normalized spacial score (nSPS) is 15.1. The lowest BCUT2D eigenvalue weighted by molar-refractivity contribution is -0.143. The van der Waals surface area contributed by atoms with Gasteiger partial charge in [-0.1, -0.05) is 12.1 Å². The van der Waals surface area contributed by atoms with Crippen LogP contribution in [0.1, 0.15) is 17.8 Å². The van der Waals surface area contributed by atoms with Crippen LogP contribution >= 0.6 is 0 Å². The predicted octanol–water partition coefficient (Wildman–Crippen LogP) is 2.77. The highest BCUT2D eigenvalue weighted by atomic mass is 32.2. The topological polar surface area (TPSA) is 65.1 Å². The van der Waals surface area contributed by atoms with E-state index >= 15 is 0 Å². The first-order chi connectivity index (χ1) is 10.2. The first kappa shape index (κ1) is 15.1. The van der Waals surface area contributed by atoms with E-state index in [2.05, 4.69) is 0 Å². The summed E-state index contributed by atoms with van der Waals surface area (Å²) in [5, 5.41) is 5.02. The Morgan fingerprint density at radius 1 is 1.14 bits per heavy atom. The van der Waals surface area contributed by atoms with Crippen molar-refractivity contribution >= 4 is 10.0 Å². The average molecular weight is 330 g/mol. The van der Waals surface area contributed by atoms with Crippen LogP contribution in [0.2, 0.25) is 0 Å². The van der Waals surface area contributed by atoms with E-state index in [1.165, 1.54) is 28.8 Å². The lowest BCUT2D eigenvalue weighted by Crippen LogP contribution is -2.12. The zero-order chi connectivity index (χ0) is 16.1. The van der Waals surface area contributed by atoms with Crippen molar-refractivity contribution in [2.24, 2.45) is 5.14 Å². The van der Waals surface area contributed by atoms with Gasteiger partial charge in [-0.2, -0.15) is 13.2 Å². The Bertz CT molecular complexity index is 821. The summed E-state index contributed by atoms with van der Waals surface area (Å²) < 4.78 is 63.0. The highest BCUT2D eigenvalue weighted by Crippen LogP contribution is 2.39. The molecule has 0 amide bonds. The van der Waals surface area contributed by atoms with Crippen molar-refractivity contribution in [1.82, 2.24) is 4.57 Å². The molecule has 0 unspecified atom stereocenters. The van der Waals surface area contributed by atoms with E-state index in [1.807, 2.05) is 0 Å². The van der Waals surface area contributed by atoms with Crippen molar-refractivity contribution in [2.75, 3.05) is 0 Å². The van der Waals surface area contributed by atoms with E-state index in [9.17, 15) is 21.6 Å². The number of alkyl halides is 3. The van der Waals surface area contributed by atoms with Gasteiger partial charge in [0.1, 0.15) is 5.69 Å². The molecule has 0 radical (unpaired) electrons. The number of nitrogens with zero attached hydrogens (tertiary/aromatic N) is 1. The van der Waals surface area contributed by atoms with Crippen molar-refractivity contribution in [3.63, 3.8) is 0 Å². The van der Waals surface area contributed by atoms with Crippen molar-refractivity contribution in [1.29, 1.82) is 0 Å². The van der Waals surface area contributed by atoms with Crippen LogP contribution in [-0.2, 0) is 29.2 Å². The average Bonchev–Trinajstić information content (AvgIpc) is 2.97. The number of fused-ring (bicyclic) bond motifs is 1. The first-order valence-corrected chi connectivity index (χ1v) is 8.15. The minimum Gasteiger partial charge on any atom is -0.340 e. The number of halogens is 3. The van der Waals surface area contributed by atoms with Crippen LogP contribution < -0.4 is 5.14 Å². The third kappa shape index (κ3) is 2.52. The summed E-state index contributed by atoms with van der Waals surface area (Å²) in [6, 6.07) is 6.69. The second-order valence-electron chi connectivity index (χ2n) is 5.21. The van der Waals surface area contributed by atoms with Gasteiger partial charge in [0.2, 0.25) is 10.0 Å². The molecule has 2 N–H and O–H groups in total. The van der Waals surface area contributed by atoms with Crippen LogP contribution in [0.25, 0.3) is 11.1 Å². The first-order valence-electron chi connectivity index (χ1n) is 6.61. The maximum Gasteiger partial charge on any atom is 0.431 e. The molecule has 3 rings (SSSR count). The Labute approximate surface area is 125 Å². The Kier molecular flexibility index (Phi) is 3.33. The molecule has 8 heteroatoms. The Hall–Kier alpha value is -1.80. The van der Waals surface area contributed by atoms with Gasteiger partial charge in [0, 0.05) is 17.8 Å². The van der Waals surface area contributed by atoms with Gasteiger partial charge in [-0.3, -0.25) is 0 Å². The molecule has 118 valence electrons. The van der Waals surface area contributed by atoms with Crippen LogP contribution in [0, 0.1) is 0 Å². The summed E-state index contributed by atoms with van der Waals surface area (Å²) in [5.74, 6) is 0. The third-order valence-electron chi connectivity index (χ3n) is 3.79.